The Bertz CT molecular complexity index is 726. The van der Waals surface area contributed by atoms with Crippen molar-refractivity contribution in [3.05, 3.63) is 42.2 Å². The molecule has 0 aliphatic heterocycles. The van der Waals surface area contributed by atoms with Crippen molar-refractivity contribution in [3.63, 3.8) is 0 Å². The van der Waals surface area contributed by atoms with Crippen molar-refractivity contribution in [2.24, 2.45) is 0 Å². The number of amides is 2. The van der Waals surface area contributed by atoms with Gasteiger partial charge in [-0.3, -0.25) is 0 Å². The number of halogens is 3. The van der Waals surface area contributed by atoms with E-state index in [1.54, 1.807) is 13.8 Å². The lowest BCUT2D eigenvalue weighted by Crippen LogP contribution is -2.48. The molecule has 24 heavy (non-hydrogen) atoms. The van der Waals surface area contributed by atoms with E-state index in [2.05, 4.69) is 15.7 Å². The number of rotatable bonds is 4. The number of alkyl halides is 3. The third kappa shape index (κ3) is 4.48. The first-order chi connectivity index (χ1) is 11.1. The third-order valence-electron chi connectivity index (χ3n) is 3.13. The van der Waals surface area contributed by atoms with E-state index in [-0.39, 0.29) is 12.3 Å². The first-order valence-electron chi connectivity index (χ1n) is 7.03. The van der Waals surface area contributed by atoms with Crippen LogP contribution in [0.5, 0.6) is 0 Å². The van der Waals surface area contributed by atoms with Crippen LogP contribution < -0.4 is 10.6 Å². The summed E-state index contributed by atoms with van der Waals surface area (Å²) in [5.41, 5.74) is -1.07. The van der Waals surface area contributed by atoms with Gasteiger partial charge in [0.25, 0.3) is 0 Å². The summed E-state index contributed by atoms with van der Waals surface area (Å²) >= 11 is 0. The van der Waals surface area contributed by atoms with Crippen LogP contribution in [-0.4, -0.2) is 33.1 Å². The van der Waals surface area contributed by atoms with Crippen LogP contribution in [0, 0.1) is 0 Å². The molecular weight excluding hydrogens is 325 g/mol. The van der Waals surface area contributed by atoms with Gasteiger partial charge in [-0.15, -0.1) is 0 Å². The number of benzene rings is 1. The average Bonchev–Trinajstić information content (AvgIpc) is 2.94. The Hall–Kier alpha value is -2.55. The fraction of sp³-hybridized carbons (Fsp3) is 0.333. The molecule has 2 amide bonds. The number of carbonyl (C=O) groups excluding carboxylic acids is 1. The summed E-state index contributed by atoms with van der Waals surface area (Å²) in [6.07, 6.45) is -1.74. The van der Waals surface area contributed by atoms with E-state index in [1.807, 2.05) is 0 Å². The molecule has 0 radical (unpaired) electrons. The number of anilines is 1. The van der Waals surface area contributed by atoms with Gasteiger partial charge in [0.05, 0.1) is 41.5 Å². The smallest absolute Gasteiger partial charge is 0.394 e. The quantitative estimate of drug-likeness (QED) is 0.799. The summed E-state index contributed by atoms with van der Waals surface area (Å²) in [7, 11) is 0. The fourth-order valence-electron chi connectivity index (χ4n) is 1.86. The van der Waals surface area contributed by atoms with Gasteiger partial charge in [0.2, 0.25) is 0 Å². The third-order valence-corrected chi connectivity index (χ3v) is 3.13. The van der Waals surface area contributed by atoms with Gasteiger partial charge in [-0.1, -0.05) is 6.07 Å². The van der Waals surface area contributed by atoms with Crippen LogP contribution in [0.2, 0.25) is 0 Å². The minimum atomic E-state index is -4.44. The zero-order valence-corrected chi connectivity index (χ0v) is 13.1. The van der Waals surface area contributed by atoms with E-state index < -0.39 is 23.3 Å². The van der Waals surface area contributed by atoms with Crippen molar-refractivity contribution in [3.8, 4) is 5.69 Å². The summed E-state index contributed by atoms with van der Waals surface area (Å²) in [5, 5.41) is 18.1. The summed E-state index contributed by atoms with van der Waals surface area (Å²) in [6.45, 7) is 3.03. The Kier molecular flexibility index (Phi) is 4.83. The molecule has 0 atom stereocenters. The molecule has 0 aliphatic carbocycles. The van der Waals surface area contributed by atoms with E-state index in [0.29, 0.717) is 5.69 Å². The van der Waals surface area contributed by atoms with Gasteiger partial charge in [-0.05, 0) is 32.0 Å². The lowest BCUT2D eigenvalue weighted by Gasteiger charge is -2.23. The standard InChI is InChI=1S/C15H17F3N4O2/c1-14(2,9-23)21-13(24)20-11-7-19-22(8-11)12-5-3-4-10(6-12)15(16,17)18/h3-8,23H,9H2,1-2H3,(H2,20,21,24). The van der Waals surface area contributed by atoms with Gasteiger partial charge < -0.3 is 15.7 Å². The molecule has 1 heterocycles. The molecule has 1 aromatic heterocycles. The number of nitrogens with zero attached hydrogens (tertiary/aromatic N) is 2. The minimum Gasteiger partial charge on any atom is -0.394 e. The zero-order chi connectivity index (χ0) is 18.0. The molecule has 0 aliphatic rings. The number of hydrogen-bond donors (Lipinski definition) is 3. The Balaban J connectivity index is 2.13. The van der Waals surface area contributed by atoms with Crippen LogP contribution in [0.1, 0.15) is 19.4 Å². The van der Waals surface area contributed by atoms with Crippen LogP contribution in [0.3, 0.4) is 0 Å². The van der Waals surface area contributed by atoms with Crippen LogP contribution in [0.15, 0.2) is 36.7 Å². The molecule has 2 rings (SSSR count). The largest absolute Gasteiger partial charge is 0.416 e. The maximum atomic E-state index is 12.7. The maximum Gasteiger partial charge on any atom is 0.416 e. The molecule has 2 aromatic rings. The summed E-state index contributed by atoms with van der Waals surface area (Å²) in [6, 6.07) is 4.13. The van der Waals surface area contributed by atoms with Gasteiger partial charge in [-0.2, -0.15) is 18.3 Å². The van der Waals surface area contributed by atoms with Gasteiger partial charge in [0.1, 0.15) is 0 Å². The molecule has 0 saturated heterocycles. The molecule has 0 saturated carbocycles. The number of aromatic nitrogens is 2. The molecular formula is C15H17F3N4O2. The minimum absolute atomic E-state index is 0.217. The highest BCUT2D eigenvalue weighted by Gasteiger charge is 2.30. The molecule has 0 unspecified atom stereocenters. The molecule has 0 spiro atoms. The second-order valence-electron chi connectivity index (χ2n) is 5.84. The number of carbonyl (C=O) groups is 1. The van der Waals surface area contributed by atoms with Crippen molar-refractivity contribution >= 4 is 11.7 Å². The SMILES string of the molecule is CC(C)(CO)NC(=O)Nc1cnn(-c2cccc(C(F)(F)F)c2)c1. The highest BCUT2D eigenvalue weighted by Crippen LogP contribution is 2.30. The van der Waals surface area contributed by atoms with E-state index >= 15 is 0 Å². The lowest BCUT2D eigenvalue weighted by molar-refractivity contribution is -0.137. The highest BCUT2D eigenvalue weighted by molar-refractivity contribution is 5.89. The summed E-state index contributed by atoms with van der Waals surface area (Å²) in [4.78, 5) is 11.8. The first-order valence-corrected chi connectivity index (χ1v) is 7.03. The van der Waals surface area contributed by atoms with Gasteiger partial charge in [0, 0.05) is 0 Å². The monoisotopic (exact) mass is 342 g/mol. The van der Waals surface area contributed by atoms with Crippen molar-refractivity contribution < 1.29 is 23.1 Å². The number of aliphatic hydroxyl groups is 1. The second kappa shape index (κ2) is 6.52. The van der Waals surface area contributed by atoms with Crippen molar-refractivity contribution in [2.75, 3.05) is 11.9 Å². The highest BCUT2D eigenvalue weighted by atomic mass is 19.4. The normalized spacial score (nSPS) is 12.1. The molecule has 0 fully saturated rings. The van der Waals surface area contributed by atoms with E-state index in [4.69, 9.17) is 5.11 Å². The topological polar surface area (TPSA) is 79.2 Å². The number of nitrogens with one attached hydrogen (secondary N) is 2. The van der Waals surface area contributed by atoms with Crippen LogP contribution in [0.25, 0.3) is 5.69 Å². The van der Waals surface area contributed by atoms with Gasteiger partial charge >= 0.3 is 12.2 Å². The first kappa shape index (κ1) is 17.8. The number of urea groups is 1. The van der Waals surface area contributed by atoms with E-state index in [9.17, 15) is 18.0 Å². The Morgan fingerprint density at radius 3 is 2.67 bits per heavy atom. The van der Waals surface area contributed by atoms with E-state index in [1.165, 1.54) is 29.2 Å². The van der Waals surface area contributed by atoms with Crippen LogP contribution in [-0.2, 0) is 6.18 Å². The Morgan fingerprint density at radius 2 is 2.04 bits per heavy atom. The Labute approximate surface area is 136 Å². The zero-order valence-electron chi connectivity index (χ0n) is 13.1. The van der Waals surface area contributed by atoms with Crippen LogP contribution >= 0.6 is 0 Å². The molecule has 3 N–H and O–H groups in total. The predicted molar refractivity (Wildman–Crippen MR) is 81.9 cm³/mol. The molecule has 1 aromatic carbocycles. The van der Waals surface area contributed by atoms with Crippen molar-refractivity contribution in [2.45, 2.75) is 25.6 Å². The number of hydrogen-bond acceptors (Lipinski definition) is 3. The van der Waals surface area contributed by atoms with Crippen molar-refractivity contribution in [1.29, 1.82) is 0 Å². The fourth-order valence-corrected chi connectivity index (χ4v) is 1.86. The Morgan fingerprint density at radius 1 is 1.33 bits per heavy atom. The van der Waals surface area contributed by atoms with Gasteiger partial charge in [-0.25, -0.2) is 9.48 Å². The summed E-state index contributed by atoms with van der Waals surface area (Å²) in [5.74, 6) is 0. The van der Waals surface area contributed by atoms with Gasteiger partial charge in [0.15, 0.2) is 0 Å². The molecule has 6 nitrogen and oxygen atoms in total. The summed E-state index contributed by atoms with van der Waals surface area (Å²) < 4.78 is 39.4. The molecule has 0 bridgehead atoms. The van der Waals surface area contributed by atoms with E-state index in [0.717, 1.165) is 12.1 Å². The molecule has 9 heteroatoms. The predicted octanol–water partition coefficient (Wildman–Crippen LogP) is 2.78. The average molecular weight is 342 g/mol. The maximum absolute atomic E-state index is 12.7. The second-order valence-corrected chi connectivity index (χ2v) is 5.84. The van der Waals surface area contributed by atoms with Crippen molar-refractivity contribution in [1.82, 2.24) is 15.1 Å². The lowest BCUT2D eigenvalue weighted by atomic mass is 10.1. The molecule has 130 valence electrons. The number of aliphatic hydroxyl groups excluding tert-OH is 1. The van der Waals surface area contributed by atoms with Crippen LogP contribution in [0.4, 0.5) is 23.7 Å².